The van der Waals surface area contributed by atoms with Gasteiger partial charge in [0.2, 0.25) is 0 Å². The van der Waals surface area contributed by atoms with E-state index >= 15 is 0 Å². The number of amides is 1. The van der Waals surface area contributed by atoms with E-state index in [-0.39, 0.29) is 11.7 Å². The standard InChI is InChI=1S/C11H9NO3/c13-10-3-1-9(2-4-10)12-11(14)8-5-6-15-7-8/h1-7,13H,(H,12,14). The minimum atomic E-state index is -0.241. The van der Waals surface area contributed by atoms with Crippen LogP contribution in [0.15, 0.2) is 47.3 Å². The lowest BCUT2D eigenvalue weighted by molar-refractivity contribution is 0.102. The van der Waals surface area contributed by atoms with E-state index in [1.807, 2.05) is 0 Å². The highest BCUT2D eigenvalue weighted by Gasteiger charge is 2.06. The number of carbonyl (C=O) groups is 1. The fraction of sp³-hybridized carbons (Fsp3) is 0. The monoisotopic (exact) mass is 203 g/mol. The number of aromatic hydroxyl groups is 1. The first kappa shape index (κ1) is 9.33. The second kappa shape index (κ2) is 3.88. The molecule has 15 heavy (non-hydrogen) atoms. The molecule has 0 unspecified atom stereocenters. The molecule has 1 aromatic heterocycles. The Morgan fingerprint density at radius 2 is 1.93 bits per heavy atom. The summed E-state index contributed by atoms with van der Waals surface area (Å²) in [5.41, 5.74) is 1.09. The Labute approximate surface area is 86.2 Å². The van der Waals surface area contributed by atoms with Crippen LogP contribution in [0, 0.1) is 0 Å². The third-order valence-corrected chi connectivity index (χ3v) is 1.91. The van der Waals surface area contributed by atoms with Crippen molar-refractivity contribution in [2.24, 2.45) is 0 Å². The molecule has 2 N–H and O–H groups in total. The van der Waals surface area contributed by atoms with Gasteiger partial charge < -0.3 is 14.8 Å². The van der Waals surface area contributed by atoms with E-state index in [0.717, 1.165) is 0 Å². The van der Waals surface area contributed by atoms with Crippen molar-refractivity contribution in [1.29, 1.82) is 0 Å². The first-order chi connectivity index (χ1) is 7.25. The predicted molar refractivity (Wildman–Crippen MR) is 54.8 cm³/mol. The lowest BCUT2D eigenvalue weighted by Crippen LogP contribution is -2.10. The SMILES string of the molecule is O=C(Nc1ccc(O)cc1)c1ccoc1. The minimum absolute atomic E-state index is 0.163. The molecule has 1 heterocycles. The molecule has 0 aliphatic carbocycles. The second-order valence-corrected chi connectivity index (χ2v) is 3.01. The third-order valence-electron chi connectivity index (χ3n) is 1.91. The van der Waals surface area contributed by atoms with Crippen molar-refractivity contribution in [3.8, 4) is 5.75 Å². The van der Waals surface area contributed by atoms with Gasteiger partial charge >= 0.3 is 0 Å². The highest BCUT2D eigenvalue weighted by atomic mass is 16.3. The summed E-state index contributed by atoms with van der Waals surface area (Å²) < 4.78 is 4.79. The van der Waals surface area contributed by atoms with Gasteiger partial charge in [0.05, 0.1) is 11.8 Å². The molecular weight excluding hydrogens is 194 g/mol. The van der Waals surface area contributed by atoms with Gasteiger partial charge in [-0.25, -0.2) is 0 Å². The number of carbonyl (C=O) groups excluding carboxylic acids is 1. The molecule has 2 aromatic rings. The largest absolute Gasteiger partial charge is 0.508 e. The van der Waals surface area contributed by atoms with Gasteiger partial charge in [-0.15, -0.1) is 0 Å². The topological polar surface area (TPSA) is 62.5 Å². The van der Waals surface area contributed by atoms with Crippen molar-refractivity contribution in [2.75, 3.05) is 5.32 Å². The van der Waals surface area contributed by atoms with Gasteiger partial charge in [-0.2, -0.15) is 0 Å². The van der Waals surface area contributed by atoms with Gasteiger partial charge in [0, 0.05) is 5.69 Å². The van der Waals surface area contributed by atoms with Crippen LogP contribution in [0.25, 0.3) is 0 Å². The quantitative estimate of drug-likeness (QED) is 0.736. The average Bonchev–Trinajstić information content (AvgIpc) is 2.74. The molecule has 0 spiro atoms. The van der Waals surface area contributed by atoms with Crippen LogP contribution in [0.2, 0.25) is 0 Å². The highest BCUT2D eigenvalue weighted by Crippen LogP contribution is 2.14. The predicted octanol–water partition coefficient (Wildman–Crippen LogP) is 2.24. The molecule has 4 nitrogen and oxygen atoms in total. The number of furan rings is 1. The summed E-state index contributed by atoms with van der Waals surface area (Å²) in [5.74, 6) is -0.0780. The van der Waals surface area contributed by atoms with Crippen LogP contribution in [-0.2, 0) is 0 Å². The van der Waals surface area contributed by atoms with Crippen molar-refractivity contribution < 1.29 is 14.3 Å². The van der Waals surface area contributed by atoms with Crippen LogP contribution in [-0.4, -0.2) is 11.0 Å². The Kier molecular flexibility index (Phi) is 2.41. The molecular formula is C11H9NO3. The lowest BCUT2D eigenvalue weighted by atomic mass is 10.2. The Balaban J connectivity index is 2.09. The molecule has 0 fully saturated rings. The summed E-state index contributed by atoms with van der Waals surface area (Å²) in [7, 11) is 0. The molecule has 1 amide bonds. The van der Waals surface area contributed by atoms with E-state index < -0.39 is 0 Å². The average molecular weight is 203 g/mol. The lowest BCUT2D eigenvalue weighted by Gasteiger charge is -2.02. The normalized spacial score (nSPS) is 9.87. The molecule has 0 aliphatic heterocycles. The number of hydrogen-bond acceptors (Lipinski definition) is 3. The van der Waals surface area contributed by atoms with Crippen molar-refractivity contribution in [3.63, 3.8) is 0 Å². The number of phenols is 1. The minimum Gasteiger partial charge on any atom is -0.508 e. The molecule has 0 bridgehead atoms. The highest BCUT2D eigenvalue weighted by molar-refractivity contribution is 6.03. The van der Waals surface area contributed by atoms with E-state index in [0.29, 0.717) is 11.3 Å². The smallest absolute Gasteiger partial charge is 0.258 e. The maximum Gasteiger partial charge on any atom is 0.258 e. The summed E-state index contributed by atoms with van der Waals surface area (Å²) in [6, 6.07) is 7.83. The van der Waals surface area contributed by atoms with Gasteiger partial charge in [0.1, 0.15) is 12.0 Å². The number of hydrogen-bond donors (Lipinski definition) is 2. The molecule has 4 heteroatoms. The maximum atomic E-state index is 11.5. The summed E-state index contributed by atoms with van der Waals surface area (Å²) >= 11 is 0. The molecule has 2 rings (SSSR count). The van der Waals surface area contributed by atoms with Gasteiger partial charge in [-0.05, 0) is 30.3 Å². The zero-order chi connectivity index (χ0) is 10.7. The van der Waals surface area contributed by atoms with Crippen LogP contribution in [0.1, 0.15) is 10.4 Å². The molecule has 1 aromatic carbocycles. The van der Waals surface area contributed by atoms with Gasteiger partial charge in [-0.3, -0.25) is 4.79 Å². The molecule has 0 atom stereocenters. The molecule has 0 saturated heterocycles. The number of phenolic OH excluding ortho intramolecular Hbond substituents is 1. The van der Waals surface area contributed by atoms with Crippen LogP contribution >= 0.6 is 0 Å². The third kappa shape index (κ3) is 2.17. The van der Waals surface area contributed by atoms with E-state index in [1.165, 1.54) is 24.7 Å². The number of benzene rings is 1. The Bertz CT molecular complexity index is 445. The first-order valence-electron chi connectivity index (χ1n) is 4.38. The summed E-state index contributed by atoms with van der Waals surface area (Å²) in [6.07, 6.45) is 2.81. The summed E-state index contributed by atoms with van der Waals surface area (Å²) in [5, 5.41) is 11.7. The Hall–Kier alpha value is -2.23. The number of rotatable bonds is 2. The zero-order valence-electron chi connectivity index (χ0n) is 7.81. The number of nitrogens with one attached hydrogen (secondary N) is 1. The molecule has 0 saturated carbocycles. The van der Waals surface area contributed by atoms with Crippen LogP contribution in [0.4, 0.5) is 5.69 Å². The summed E-state index contributed by atoms with van der Waals surface area (Å²) in [4.78, 5) is 11.5. The van der Waals surface area contributed by atoms with Gasteiger partial charge in [0.15, 0.2) is 0 Å². The van der Waals surface area contributed by atoms with Crippen molar-refractivity contribution in [2.45, 2.75) is 0 Å². The second-order valence-electron chi connectivity index (χ2n) is 3.01. The van der Waals surface area contributed by atoms with Crippen molar-refractivity contribution in [3.05, 3.63) is 48.4 Å². The number of anilines is 1. The van der Waals surface area contributed by atoms with Crippen LogP contribution in [0.5, 0.6) is 5.75 Å². The Morgan fingerprint density at radius 3 is 2.53 bits per heavy atom. The van der Waals surface area contributed by atoms with Gasteiger partial charge in [0.25, 0.3) is 5.91 Å². The Morgan fingerprint density at radius 1 is 1.20 bits per heavy atom. The van der Waals surface area contributed by atoms with Gasteiger partial charge in [-0.1, -0.05) is 0 Å². The van der Waals surface area contributed by atoms with E-state index in [4.69, 9.17) is 9.52 Å². The molecule has 76 valence electrons. The zero-order valence-corrected chi connectivity index (χ0v) is 7.81. The van der Waals surface area contributed by atoms with Crippen molar-refractivity contribution >= 4 is 11.6 Å². The first-order valence-corrected chi connectivity index (χ1v) is 4.38. The van der Waals surface area contributed by atoms with E-state index in [1.54, 1.807) is 18.2 Å². The molecule has 0 radical (unpaired) electrons. The van der Waals surface area contributed by atoms with E-state index in [2.05, 4.69) is 5.32 Å². The maximum absolute atomic E-state index is 11.5. The van der Waals surface area contributed by atoms with E-state index in [9.17, 15) is 4.79 Å². The van der Waals surface area contributed by atoms with Crippen molar-refractivity contribution in [1.82, 2.24) is 0 Å². The molecule has 0 aliphatic rings. The van der Waals surface area contributed by atoms with Crippen LogP contribution < -0.4 is 5.32 Å². The fourth-order valence-corrected chi connectivity index (χ4v) is 1.14. The fourth-order valence-electron chi connectivity index (χ4n) is 1.14. The van der Waals surface area contributed by atoms with Crippen LogP contribution in [0.3, 0.4) is 0 Å². The summed E-state index contributed by atoms with van der Waals surface area (Å²) in [6.45, 7) is 0.